The number of para-hydroxylation sites is 2. The molecule has 0 saturated carbocycles. The third-order valence-electron chi connectivity index (χ3n) is 6.17. The van der Waals surface area contributed by atoms with E-state index in [9.17, 15) is 4.79 Å². The predicted molar refractivity (Wildman–Crippen MR) is 121 cm³/mol. The van der Waals surface area contributed by atoms with E-state index in [-0.39, 0.29) is 11.9 Å². The van der Waals surface area contributed by atoms with Crippen LogP contribution in [-0.4, -0.2) is 47.3 Å². The number of H-pyrrole nitrogens is 1. The molecule has 5 aromatic rings. The molecule has 3 aromatic heterocycles. The first kappa shape index (κ1) is 18.7. The Labute approximate surface area is 183 Å². The normalized spacial score (nSPS) is 16.3. The molecule has 1 aliphatic heterocycles. The Morgan fingerprint density at radius 3 is 2.91 bits per heavy atom. The topological polar surface area (TPSA) is 92.6 Å². The number of hydrogen-bond acceptors (Lipinski definition) is 5. The van der Waals surface area contributed by atoms with Gasteiger partial charge in [-0.2, -0.15) is 0 Å². The van der Waals surface area contributed by atoms with Gasteiger partial charge in [-0.1, -0.05) is 23.4 Å². The van der Waals surface area contributed by atoms with Crippen molar-refractivity contribution < 1.29 is 4.79 Å². The lowest BCUT2D eigenvalue weighted by Gasteiger charge is -2.22. The molecule has 1 saturated heterocycles. The van der Waals surface area contributed by atoms with Gasteiger partial charge in [0.1, 0.15) is 5.82 Å². The van der Waals surface area contributed by atoms with Gasteiger partial charge >= 0.3 is 0 Å². The Morgan fingerprint density at radius 2 is 2.00 bits per heavy atom. The lowest BCUT2D eigenvalue weighted by molar-refractivity contribution is 0.0723. The molecule has 1 N–H and O–H groups in total. The van der Waals surface area contributed by atoms with E-state index in [1.165, 1.54) is 0 Å². The monoisotopic (exact) mass is 423 g/mol. The van der Waals surface area contributed by atoms with Crippen molar-refractivity contribution in [2.75, 3.05) is 6.54 Å². The van der Waals surface area contributed by atoms with Crippen molar-refractivity contribution in [2.45, 2.75) is 25.8 Å². The van der Waals surface area contributed by atoms with E-state index in [0.717, 1.165) is 46.3 Å². The summed E-state index contributed by atoms with van der Waals surface area (Å²) in [6.07, 6.45) is 3.57. The van der Waals surface area contributed by atoms with Gasteiger partial charge in [-0.15, -0.1) is 5.10 Å². The van der Waals surface area contributed by atoms with Crippen LogP contribution in [0.2, 0.25) is 0 Å². The van der Waals surface area contributed by atoms with Crippen LogP contribution in [-0.2, 0) is 0 Å². The van der Waals surface area contributed by atoms with Gasteiger partial charge < -0.3 is 9.88 Å². The molecule has 0 bridgehead atoms. The van der Waals surface area contributed by atoms with E-state index in [1.54, 1.807) is 10.9 Å². The SMILES string of the molecule is Cc1c(C(=O)N2CCCC2c2nc3ccccc3[nH]2)nnn1-c1ccc2ncccc2c1. The molecule has 32 heavy (non-hydrogen) atoms. The zero-order chi connectivity index (χ0) is 21.7. The summed E-state index contributed by atoms with van der Waals surface area (Å²) in [5.41, 5.74) is 4.75. The van der Waals surface area contributed by atoms with Crippen LogP contribution in [0.25, 0.3) is 27.6 Å². The van der Waals surface area contributed by atoms with E-state index in [0.29, 0.717) is 17.9 Å². The number of pyridine rings is 1. The number of imidazole rings is 1. The predicted octanol–water partition coefficient (Wildman–Crippen LogP) is 3.98. The number of nitrogens with one attached hydrogen (secondary N) is 1. The zero-order valence-electron chi connectivity index (χ0n) is 17.6. The molecule has 8 nitrogen and oxygen atoms in total. The Morgan fingerprint density at radius 1 is 1.09 bits per heavy atom. The number of carbonyl (C=O) groups is 1. The van der Waals surface area contributed by atoms with Crippen molar-refractivity contribution in [1.29, 1.82) is 0 Å². The number of fused-ring (bicyclic) bond motifs is 2. The van der Waals surface area contributed by atoms with E-state index < -0.39 is 0 Å². The largest absolute Gasteiger partial charge is 0.340 e. The van der Waals surface area contributed by atoms with Crippen molar-refractivity contribution in [1.82, 2.24) is 34.8 Å². The summed E-state index contributed by atoms with van der Waals surface area (Å²) in [5, 5.41) is 9.57. The fourth-order valence-electron chi connectivity index (χ4n) is 4.53. The molecule has 1 amide bonds. The highest BCUT2D eigenvalue weighted by atomic mass is 16.2. The summed E-state index contributed by atoms with van der Waals surface area (Å²) >= 11 is 0. The highest BCUT2D eigenvalue weighted by Gasteiger charge is 2.35. The average molecular weight is 423 g/mol. The summed E-state index contributed by atoms with van der Waals surface area (Å²) in [6, 6.07) is 17.6. The van der Waals surface area contributed by atoms with Crippen LogP contribution in [0.3, 0.4) is 0 Å². The zero-order valence-corrected chi connectivity index (χ0v) is 17.6. The molecule has 4 heterocycles. The second kappa shape index (κ2) is 7.26. The van der Waals surface area contributed by atoms with Crippen molar-refractivity contribution >= 4 is 27.8 Å². The summed E-state index contributed by atoms with van der Waals surface area (Å²) in [5.74, 6) is 0.711. The van der Waals surface area contributed by atoms with Gasteiger partial charge in [-0.3, -0.25) is 9.78 Å². The number of nitrogens with zero attached hydrogens (tertiary/aromatic N) is 6. The molecule has 1 unspecified atom stereocenters. The van der Waals surface area contributed by atoms with Crippen LogP contribution in [0.15, 0.2) is 60.8 Å². The van der Waals surface area contributed by atoms with Crippen molar-refractivity contribution in [3.05, 3.63) is 78.0 Å². The first-order valence-corrected chi connectivity index (χ1v) is 10.7. The molecular weight excluding hydrogens is 402 g/mol. The third-order valence-corrected chi connectivity index (χ3v) is 6.17. The fraction of sp³-hybridized carbons (Fsp3) is 0.208. The van der Waals surface area contributed by atoms with Crippen LogP contribution in [0.1, 0.15) is 40.9 Å². The van der Waals surface area contributed by atoms with E-state index in [2.05, 4.69) is 20.3 Å². The molecule has 1 aliphatic rings. The smallest absolute Gasteiger partial charge is 0.276 e. The van der Waals surface area contributed by atoms with Gasteiger partial charge in [0.2, 0.25) is 0 Å². The van der Waals surface area contributed by atoms with Gasteiger partial charge in [0, 0.05) is 18.1 Å². The Balaban J connectivity index is 1.33. The Hall–Kier alpha value is -4.07. The molecule has 2 aromatic carbocycles. The minimum absolute atomic E-state index is 0.0915. The van der Waals surface area contributed by atoms with Crippen molar-refractivity contribution in [3.8, 4) is 5.69 Å². The van der Waals surface area contributed by atoms with Gasteiger partial charge in [0.05, 0.1) is 34.0 Å². The average Bonchev–Trinajstić information content (AvgIpc) is 3.56. The number of amides is 1. The maximum atomic E-state index is 13.5. The van der Waals surface area contributed by atoms with Crippen molar-refractivity contribution in [3.63, 3.8) is 0 Å². The van der Waals surface area contributed by atoms with Crippen LogP contribution < -0.4 is 0 Å². The molecular formula is C24H21N7O. The summed E-state index contributed by atoms with van der Waals surface area (Å²) in [6.45, 7) is 2.56. The number of hydrogen-bond donors (Lipinski definition) is 1. The summed E-state index contributed by atoms with van der Waals surface area (Å²) in [7, 11) is 0. The van der Waals surface area contributed by atoms with Gasteiger partial charge in [0.25, 0.3) is 5.91 Å². The first-order chi connectivity index (χ1) is 15.7. The number of likely N-dealkylation sites (tertiary alicyclic amines) is 1. The minimum Gasteiger partial charge on any atom is -0.340 e. The molecule has 0 radical (unpaired) electrons. The summed E-state index contributed by atoms with van der Waals surface area (Å²) < 4.78 is 1.71. The van der Waals surface area contributed by atoms with E-state index in [1.807, 2.05) is 66.4 Å². The van der Waals surface area contributed by atoms with E-state index >= 15 is 0 Å². The number of aromatic nitrogens is 6. The molecule has 0 spiro atoms. The molecule has 1 fully saturated rings. The quantitative estimate of drug-likeness (QED) is 0.474. The first-order valence-electron chi connectivity index (χ1n) is 10.7. The molecule has 6 rings (SSSR count). The molecule has 158 valence electrons. The number of carbonyl (C=O) groups excluding carboxylic acids is 1. The highest BCUT2D eigenvalue weighted by molar-refractivity contribution is 5.94. The number of aromatic amines is 1. The van der Waals surface area contributed by atoms with Gasteiger partial charge in [-0.25, -0.2) is 9.67 Å². The van der Waals surface area contributed by atoms with Crippen LogP contribution in [0.4, 0.5) is 0 Å². The second-order valence-electron chi connectivity index (χ2n) is 8.11. The van der Waals surface area contributed by atoms with Gasteiger partial charge in [-0.05, 0) is 56.2 Å². The maximum Gasteiger partial charge on any atom is 0.276 e. The summed E-state index contributed by atoms with van der Waals surface area (Å²) in [4.78, 5) is 27.8. The van der Waals surface area contributed by atoms with Crippen LogP contribution >= 0.6 is 0 Å². The lowest BCUT2D eigenvalue weighted by atomic mass is 10.2. The van der Waals surface area contributed by atoms with Crippen molar-refractivity contribution in [2.24, 2.45) is 0 Å². The fourth-order valence-corrected chi connectivity index (χ4v) is 4.53. The molecule has 1 atom stereocenters. The van der Waals surface area contributed by atoms with Crippen LogP contribution in [0.5, 0.6) is 0 Å². The molecule has 0 aliphatic carbocycles. The number of rotatable bonds is 3. The Bertz CT molecular complexity index is 1430. The van der Waals surface area contributed by atoms with Crippen LogP contribution in [0, 0.1) is 6.92 Å². The highest BCUT2D eigenvalue weighted by Crippen LogP contribution is 2.33. The number of benzene rings is 2. The van der Waals surface area contributed by atoms with Gasteiger partial charge in [0.15, 0.2) is 5.69 Å². The second-order valence-corrected chi connectivity index (χ2v) is 8.11. The minimum atomic E-state index is -0.112. The standard InChI is InChI=1S/C24H21N7O/c1-15-22(28-29-31(15)17-10-11-18-16(14-17)6-4-12-25-18)24(32)30-13-5-9-21(30)23-26-19-7-2-3-8-20(19)27-23/h2-4,6-8,10-12,14,21H,5,9,13H2,1H3,(H,26,27). The Kier molecular flexibility index (Phi) is 4.24. The molecule has 8 heteroatoms. The van der Waals surface area contributed by atoms with E-state index in [4.69, 9.17) is 4.98 Å². The lowest BCUT2D eigenvalue weighted by Crippen LogP contribution is -2.32. The maximum absolute atomic E-state index is 13.5. The third kappa shape index (κ3) is 2.95.